The molecule has 2 rings (SSSR count). The monoisotopic (exact) mass is 210 g/mol. The molecule has 1 aromatic rings. The van der Waals surface area contributed by atoms with E-state index in [1.807, 2.05) is 18.4 Å². The first-order valence-electron chi connectivity index (χ1n) is 5.28. The summed E-state index contributed by atoms with van der Waals surface area (Å²) in [4.78, 5) is 4.74. The van der Waals surface area contributed by atoms with Crippen LogP contribution >= 0.6 is 11.3 Å². The van der Waals surface area contributed by atoms with Gasteiger partial charge in [-0.15, -0.1) is 11.3 Å². The van der Waals surface area contributed by atoms with Crippen LogP contribution < -0.4 is 5.32 Å². The van der Waals surface area contributed by atoms with Gasteiger partial charge in [0.15, 0.2) is 0 Å². The van der Waals surface area contributed by atoms with Gasteiger partial charge in [-0.05, 0) is 25.8 Å². The second-order valence-electron chi connectivity index (χ2n) is 4.54. The molecule has 1 aliphatic rings. The van der Waals surface area contributed by atoms with E-state index in [4.69, 9.17) is 4.98 Å². The van der Waals surface area contributed by atoms with Crippen LogP contribution in [0.2, 0.25) is 0 Å². The second kappa shape index (κ2) is 3.63. The van der Waals surface area contributed by atoms with Crippen molar-refractivity contribution in [3.63, 3.8) is 0 Å². The molecule has 0 saturated heterocycles. The van der Waals surface area contributed by atoms with Crippen molar-refractivity contribution in [2.24, 2.45) is 0 Å². The van der Waals surface area contributed by atoms with Gasteiger partial charge in [0.2, 0.25) is 0 Å². The SMILES string of the molecule is CNCC1(c2nc(C(C)C)cs2)CC1. The van der Waals surface area contributed by atoms with Gasteiger partial charge in [-0.25, -0.2) is 4.98 Å². The van der Waals surface area contributed by atoms with E-state index < -0.39 is 0 Å². The van der Waals surface area contributed by atoms with Gasteiger partial charge in [0.05, 0.1) is 5.69 Å². The molecule has 2 nitrogen and oxygen atoms in total. The average Bonchev–Trinajstić information content (AvgIpc) is 2.77. The summed E-state index contributed by atoms with van der Waals surface area (Å²) in [5, 5.41) is 6.84. The van der Waals surface area contributed by atoms with E-state index in [1.165, 1.54) is 23.5 Å². The van der Waals surface area contributed by atoms with Crippen LogP contribution in [0.25, 0.3) is 0 Å². The quantitative estimate of drug-likeness (QED) is 0.826. The van der Waals surface area contributed by atoms with Crippen LogP contribution in [0.1, 0.15) is 43.3 Å². The highest BCUT2D eigenvalue weighted by Crippen LogP contribution is 2.48. The minimum absolute atomic E-state index is 0.395. The Balaban J connectivity index is 2.16. The zero-order valence-corrected chi connectivity index (χ0v) is 9.95. The van der Waals surface area contributed by atoms with Gasteiger partial charge in [0.1, 0.15) is 5.01 Å². The zero-order valence-electron chi connectivity index (χ0n) is 9.13. The van der Waals surface area contributed by atoms with E-state index in [1.54, 1.807) is 0 Å². The Hall–Kier alpha value is -0.410. The van der Waals surface area contributed by atoms with Gasteiger partial charge in [-0.3, -0.25) is 0 Å². The first-order chi connectivity index (χ1) is 6.68. The van der Waals surface area contributed by atoms with E-state index in [2.05, 4.69) is 24.5 Å². The van der Waals surface area contributed by atoms with Crippen LogP contribution in [0.4, 0.5) is 0 Å². The van der Waals surface area contributed by atoms with Crippen molar-refractivity contribution in [1.29, 1.82) is 0 Å². The van der Waals surface area contributed by atoms with E-state index in [0.717, 1.165) is 6.54 Å². The molecule has 0 unspecified atom stereocenters. The maximum absolute atomic E-state index is 4.74. The first kappa shape index (κ1) is 10.1. The molecule has 3 heteroatoms. The molecule has 0 radical (unpaired) electrons. The van der Waals surface area contributed by atoms with Crippen LogP contribution in [-0.4, -0.2) is 18.6 Å². The van der Waals surface area contributed by atoms with Gasteiger partial charge in [0.25, 0.3) is 0 Å². The number of likely N-dealkylation sites (N-methyl/N-ethyl adjacent to an activating group) is 1. The lowest BCUT2D eigenvalue weighted by atomic mass is 10.1. The van der Waals surface area contributed by atoms with Gasteiger partial charge < -0.3 is 5.32 Å². The molecule has 0 aliphatic heterocycles. The lowest BCUT2D eigenvalue weighted by Gasteiger charge is -2.10. The molecule has 1 N–H and O–H groups in total. The summed E-state index contributed by atoms with van der Waals surface area (Å²) >= 11 is 1.84. The molecule has 0 spiro atoms. The fourth-order valence-electron chi connectivity index (χ4n) is 1.75. The summed E-state index contributed by atoms with van der Waals surface area (Å²) in [5.74, 6) is 0.561. The van der Waals surface area contributed by atoms with Crippen LogP contribution in [-0.2, 0) is 5.41 Å². The molecule has 1 saturated carbocycles. The van der Waals surface area contributed by atoms with Gasteiger partial charge in [-0.1, -0.05) is 13.8 Å². The predicted molar refractivity (Wildman–Crippen MR) is 61.0 cm³/mol. The van der Waals surface area contributed by atoms with Crippen LogP contribution in [0.15, 0.2) is 5.38 Å². The Morgan fingerprint density at radius 3 is 2.71 bits per heavy atom. The smallest absolute Gasteiger partial charge is 0.100 e. The molecule has 0 aromatic carbocycles. The summed E-state index contributed by atoms with van der Waals surface area (Å²) < 4.78 is 0. The van der Waals surface area contributed by atoms with E-state index in [0.29, 0.717) is 11.3 Å². The third-order valence-electron chi connectivity index (χ3n) is 2.94. The molecular formula is C11H18N2S. The number of aromatic nitrogens is 1. The summed E-state index contributed by atoms with van der Waals surface area (Å²) in [6, 6.07) is 0. The van der Waals surface area contributed by atoms with E-state index >= 15 is 0 Å². The Labute approximate surface area is 89.8 Å². The molecule has 0 atom stereocenters. The highest BCUT2D eigenvalue weighted by Gasteiger charge is 2.46. The van der Waals surface area contributed by atoms with Crippen LogP contribution in [0, 0.1) is 0 Å². The number of thiazole rings is 1. The highest BCUT2D eigenvalue weighted by atomic mass is 32.1. The maximum Gasteiger partial charge on any atom is 0.100 e. The molecule has 1 fully saturated rings. The van der Waals surface area contributed by atoms with Gasteiger partial charge in [-0.2, -0.15) is 0 Å². The minimum atomic E-state index is 0.395. The molecule has 1 aromatic heterocycles. The van der Waals surface area contributed by atoms with Crippen molar-refractivity contribution in [2.75, 3.05) is 13.6 Å². The minimum Gasteiger partial charge on any atom is -0.319 e. The molecule has 1 heterocycles. The Bertz CT molecular complexity index is 313. The predicted octanol–water partition coefficient (Wildman–Crippen LogP) is 2.52. The molecular weight excluding hydrogens is 192 g/mol. The fraction of sp³-hybridized carbons (Fsp3) is 0.727. The van der Waals surface area contributed by atoms with Crippen molar-refractivity contribution in [3.8, 4) is 0 Å². The number of hydrogen-bond donors (Lipinski definition) is 1. The number of nitrogens with one attached hydrogen (secondary N) is 1. The van der Waals surface area contributed by atoms with Crippen molar-refractivity contribution in [1.82, 2.24) is 10.3 Å². The maximum atomic E-state index is 4.74. The average molecular weight is 210 g/mol. The van der Waals surface area contributed by atoms with E-state index in [-0.39, 0.29) is 0 Å². The Kier molecular flexibility index (Phi) is 2.62. The van der Waals surface area contributed by atoms with Crippen molar-refractivity contribution in [3.05, 3.63) is 16.1 Å². The van der Waals surface area contributed by atoms with Crippen molar-refractivity contribution >= 4 is 11.3 Å². The lowest BCUT2D eigenvalue weighted by molar-refractivity contribution is 0.616. The third-order valence-corrected chi connectivity index (χ3v) is 4.04. The second-order valence-corrected chi connectivity index (χ2v) is 5.40. The summed E-state index contributed by atoms with van der Waals surface area (Å²) in [6.07, 6.45) is 2.61. The summed E-state index contributed by atoms with van der Waals surface area (Å²) in [5.41, 5.74) is 1.65. The number of nitrogens with zero attached hydrogens (tertiary/aromatic N) is 1. The topological polar surface area (TPSA) is 24.9 Å². The number of rotatable bonds is 4. The summed E-state index contributed by atoms with van der Waals surface area (Å²) in [7, 11) is 2.02. The highest BCUT2D eigenvalue weighted by molar-refractivity contribution is 7.09. The molecule has 14 heavy (non-hydrogen) atoms. The lowest BCUT2D eigenvalue weighted by Crippen LogP contribution is -2.23. The van der Waals surface area contributed by atoms with E-state index in [9.17, 15) is 0 Å². The van der Waals surface area contributed by atoms with Crippen molar-refractivity contribution in [2.45, 2.75) is 38.0 Å². The Morgan fingerprint density at radius 1 is 1.57 bits per heavy atom. The van der Waals surface area contributed by atoms with Crippen LogP contribution in [0.5, 0.6) is 0 Å². The molecule has 0 amide bonds. The van der Waals surface area contributed by atoms with Gasteiger partial charge >= 0.3 is 0 Å². The molecule has 0 bridgehead atoms. The largest absolute Gasteiger partial charge is 0.319 e. The van der Waals surface area contributed by atoms with Crippen molar-refractivity contribution < 1.29 is 0 Å². The standard InChI is InChI=1S/C11H18N2S/c1-8(2)9-6-14-10(13-9)11(4-5-11)7-12-3/h6,8,12H,4-5,7H2,1-3H3. The Morgan fingerprint density at radius 2 is 2.29 bits per heavy atom. The first-order valence-corrected chi connectivity index (χ1v) is 6.16. The zero-order chi connectivity index (χ0) is 10.2. The molecule has 78 valence electrons. The third kappa shape index (κ3) is 1.71. The summed E-state index contributed by atoms with van der Waals surface area (Å²) in [6.45, 7) is 5.49. The molecule has 1 aliphatic carbocycles. The fourth-order valence-corrected chi connectivity index (χ4v) is 2.99. The van der Waals surface area contributed by atoms with Crippen LogP contribution in [0.3, 0.4) is 0 Å². The number of hydrogen-bond acceptors (Lipinski definition) is 3. The van der Waals surface area contributed by atoms with Gasteiger partial charge in [0, 0.05) is 17.3 Å². The normalized spacial score (nSPS) is 18.9.